The van der Waals surface area contributed by atoms with E-state index < -0.39 is 0 Å². The molecular weight excluding hydrogens is 203 g/mol. The maximum Gasteiger partial charge on any atom is 0.122 e. The molecule has 6 heavy (non-hydrogen) atoms. The molecule has 33 valence electrons. The zero-order valence-electron chi connectivity index (χ0n) is 4.14. The number of carbonyl (C=O) groups is 1. The molecule has 0 heterocycles. The third-order valence-corrected chi connectivity index (χ3v) is 0.272. The zero-order chi connectivity index (χ0) is 4.28. The molecule has 0 saturated carbocycles. The second-order valence-corrected chi connectivity index (χ2v) is 1.38. The topological polar surface area (TPSA) is 17.1 Å². The van der Waals surface area contributed by atoms with Gasteiger partial charge in [0, 0.05) is 41.5 Å². The van der Waals surface area contributed by atoms with Gasteiger partial charge in [0.05, 0.1) is 0 Å². The van der Waals surface area contributed by atoms with Crippen LogP contribution in [-0.4, -0.2) is 6.29 Å². The third-order valence-electron chi connectivity index (χ3n) is 0.272. The molecule has 0 aromatic carbocycles. The summed E-state index contributed by atoms with van der Waals surface area (Å²) in [4.78, 5) is 9.50. The monoisotopic (exact) mass is 211 g/mol. The first-order chi connectivity index (χ1) is 2.27. The molecule has 0 saturated heterocycles. The second kappa shape index (κ2) is 5.86. The van der Waals surface area contributed by atoms with Crippen molar-refractivity contribution in [2.45, 2.75) is 13.8 Å². The van der Waals surface area contributed by atoms with Gasteiger partial charge in [0.1, 0.15) is 6.29 Å². The minimum Gasteiger partial charge on any atom is -0.303 e. The molecule has 0 bridgehead atoms. The minimum atomic E-state index is 0. The van der Waals surface area contributed by atoms with E-state index in [0.29, 0.717) is 0 Å². The predicted octanol–water partition coefficient (Wildman–Crippen LogP) is 0.841. The summed E-state index contributed by atoms with van der Waals surface area (Å²) in [6.45, 7) is 3.71. The zero-order valence-corrected chi connectivity index (χ0v) is 7.77. The van der Waals surface area contributed by atoms with E-state index >= 15 is 0 Å². The summed E-state index contributed by atoms with van der Waals surface area (Å²) in [7, 11) is 0. The molecular formula is C4H8LaO. The molecule has 1 nitrogen and oxygen atoms in total. The van der Waals surface area contributed by atoms with Gasteiger partial charge in [-0.25, -0.2) is 0 Å². The van der Waals surface area contributed by atoms with Crippen LogP contribution in [0.4, 0.5) is 0 Å². The van der Waals surface area contributed by atoms with Crippen LogP contribution < -0.4 is 0 Å². The van der Waals surface area contributed by atoms with E-state index in [9.17, 15) is 4.79 Å². The minimum absolute atomic E-state index is 0. The van der Waals surface area contributed by atoms with Crippen molar-refractivity contribution in [1.82, 2.24) is 0 Å². The number of hydrogen-bond acceptors (Lipinski definition) is 1. The van der Waals surface area contributed by atoms with Crippen LogP contribution in [0.15, 0.2) is 0 Å². The Labute approximate surface area is 66.1 Å². The van der Waals surface area contributed by atoms with Gasteiger partial charge in [-0.05, 0) is 0 Å². The fourth-order valence-corrected chi connectivity index (χ4v) is 0. The molecule has 0 aliphatic rings. The van der Waals surface area contributed by atoms with E-state index in [1.807, 2.05) is 13.8 Å². The van der Waals surface area contributed by atoms with Crippen molar-refractivity contribution in [1.29, 1.82) is 0 Å². The van der Waals surface area contributed by atoms with Gasteiger partial charge in [-0.1, -0.05) is 13.8 Å². The molecule has 0 atom stereocenters. The third kappa shape index (κ3) is 8.85. The molecule has 0 spiro atoms. The molecule has 1 radical (unpaired) electrons. The largest absolute Gasteiger partial charge is 0.303 e. The van der Waals surface area contributed by atoms with Gasteiger partial charge in [0.25, 0.3) is 0 Å². The normalized spacial score (nSPS) is 7.17. The molecule has 0 aliphatic heterocycles. The average Bonchev–Trinajstić information content (AvgIpc) is 1.38. The van der Waals surface area contributed by atoms with Crippen molar-refractivity contribution in [2.75, 3.05) is 0 Å². The van der Waals surface area contributed by atoms with Gasteiger partial charge in [-0.3, -0.25) is 0 Å². The fourth-order valence-electron chi connectivity index (χ4n) is 0. The average molecular weight is 211 g/mol. The van der Waals surface area contributed by atoms with Crippen molar-refractivity contribution < 1.29 is 40.4 Å². The van der Waals surface area contributed by atoms with Gasteiger partial charge < -0.3 is 4.79 Å². The Morgan fingerprint density at radius 1 is 1.50 bits per heavy atom. The van der Waals surface area contributed by atoms with Crippen molar-refractivity contribution in [3.05, 3.63) is 0 Å². The van der Waals surface area contributed by atoms with Crippen LogP contribution in [0.25, 0.3) is 0 Å². The Kier molecular flexibility index (Phi) is 9.75. The number of rotatable bonds is 1. The summed E-state index contributed by atoms with van der Waals surface area (Å²) in [6, 6.07) is 0. The van der Waals surface area contributed by atoms with Crippen LogP contribution in [0, 0.1) is 41.5 Å². The first-order valence-electron chi connectivity index (χ1n) is 1.72. The second-order valence-electron chi connectivity index (χ2n) is 1.38. The number of hydrogen-bond donors (Lipinski definition) is 0. The van der Waals surface area contributed by atoms with Gasteiger partial charge in [0.15, 0.2) is 0 Å². The molecule has 0 aromatic heterocycles. The molecule has 0 amide bonds. The Morgan fingerprint density at radius 2 is 1.67 bits per heavy atom. The Morgan fingerprint density at radius 3 is 1.67 bits per heavy atom. The summed E-state index contributed by atoms with van der Waals surface area (Å²) in [5.74, 6) is 0.204. The molecule has 0 rings (SSSR count). The SMILES string of the molecule is CC(C)C=O.[La]. The van der Waals surface area contributed by atoms with Crippen molar-refractivity contribution >= 4 is 6.29 Å². The van der Waals surface area contributed by atoms with Crippen LogP contribution in [0.2, 0.25) is 0 Å². The number of aldehydes is 1. The number of carbonyl (C=O) groups excluding carboxylic acids is 1. The summed E-state index contributed by atoms with van der Waals surface area (Å²) >= 11 is 0. The standard InChI is InChI=1S/C4H8O.La/c1-4(2)3-5;/h3-4H,1-2H3;. The van der Waals surface area contributed by atoms with Crippen LogP contribution in [0.3, 0.4) is 0 Å². The van der Waals surface area contributed by atoms with Crippen LogP contribution >= 0.6 is 0 Å². The van der Waals surface area contributed by atoms with E-state index in [2.05, 4.69) is 0 Å². The van der Waals surface area contributed by atoms with Gasteiger partial charge in [-0.2, -0.15) is 0 Å². The molecule has 0 fully saturated rings. The first-order valence-corrected chi connectivity index (χ1v) is 1.72. The molecule has 0 aliphatic carbocycles. The van der Waals surface area contributed by atoms with Crippen molar-refractivity contribution in [3.63, 3.8) is 0 Å². The summed E-state index contributed by atoms with van der Waals surface area (Å²) in [5, 5.41) is 0. The van der Waals surface area contributed by atoms with E-state index in [0.717, 1.165) is 6.29 Å². The van der Waals surface area contributed by atoms with Crippen molar-refractivity contribution in [3.8, 4) is 0 Å². The Bertz CT molecular complexity index is 34.5. The van der Waals surface area contributed by atoms with Gasteiger partial charge in [-0.15, -0.1) is 0 Å². The first kappa shape index (κ1) is 9.98. The molecule has 0 unspecified atom stereocenters. The van der Waals surface area contributed by atoms with Crippen LogP contribution in [-0.2, 0) is 4.79 Å². The predicted molar refractivity (Wildman–Crippen MR) is 20.9 cm³/mol. The van der Waals surface area contributed by atoms with E-state index in [1.165, 1.54) is 0 Å². The molecule has 0 N–H and O–H groups in total. The smallest absolute Gasteiger partial charge is 0.122 e. The van der Waals surface area contributed by atoms with Gasteiger partial charge in [0.2, 0.25) is 0 Å². The maximum absolute atomic E-state index is 9.50. The summed E-state index contributed by atoms with van der Waals surface area (Å²) in [6.07, 6.45) is 0.917. The Hall–Kier alpha value is 0.865. The van der Waals surface area contributed by atoms with E-state index in [1.54, 1.807) is 0 Å². The van der Waals surface area contributed by atoms with Crippen LogP contribution in [0.5, 0.6) is 0 Å². The van der Waals surface area contributed by atoms with Crippen molar-refractivity contribution in [2.24, 2.45) is 5.92 Å². The molecule has 0 aromatic rings. The summed E-state index contributed by atoms with van der Waals surface area (Å²) < 4.78 is 0. The van der Waals surface area contributed by atoms with E-state index in [-0.39, 0.29) is 41.5 Å². The fraction of sp³-hybridized carbons (Fsp3) is 0.750. The van der Waals surface area contributed by atoms with Gasteiger partial charge >= 0.3 is 0 Å². The maximum atomic E-state index is 9.50. The van der Waals surface area contributed by atoms with E-state index in [4.69, 9.17) is 0 Å². The summed E-state index contributed by atoms with van der Waals surface area (Å²) in [5.41, 5.74) is 0. The van der Waals surface area contributed by atoms with Crippen LogP contribution in [0.1, 0.15) is 13.8 Å². The molecule has 2 heteroatoms. The quantitative estimate of drug-likeness (QED) is 0.587. The Balaban J connectivity index is 0.